The van der Waals surface area contributed by atoms with Gasteiger partial charge in [0.05, 0.1) is 5.69 Å². The summed E-state index contributed by atoms with van der Waals surface area (Å²) in [6, 6.07) is 0. The molecular weight excluding hydrogens is 202 g/mol. The van der Waals surface area contributed by atoms with Crippen LogP contribution in [0.4, 0.5) is 0 Å². The lowest BCUT2D eigenvalue weighted by Gasteiger charge is -2.01. The van der Waals surface area contributed by atoms with Gasteiger partial charge in [0.25, 0.3) is 0 Å². The van der Waals surface area contributed by atoms with Gasteiger partial charge in [-0.1, -0.05) is 32.8 Å². The van der Waals surface area contributed by atoms with Gasteiger partial charge in [0.1, 0.15) is 5.01 Å². The van der Waals surface area contributed by atoms with Crippen LogP contribution in [0.1, 0.15) is 55.1 Å². The predicted molar refractivity (Wildman–Crippen MR) is 69.4 cm³/mol. The third-order valence-corrected chi connectivity index (χ3v) is 3.65. The van der Waals surface area contributed by atoms with Crippen molar-refractivity contribution in [3.63, 3.8) is 0 Å². The molecule has 0 saturated heterocycles. The highest BCUT2D eigenvalue weighted by Crippen LogP contribution is 2.27. The van der Waals surface area contributed by atoms with Gasteiger partial charge < -0.3 is 0 Å². The lowest BCUT2D eigenvalue weighted by molar-refractivity contribution is 0.930. The second kappa shape index (κ2) is 6.06. The van der Waals surface area contributed by atoms with Gasteiger partial charge in [-0.15, -0.1) is 11.3 Å². The summed E-state index contributed by atoms with van der Waals surface area (Å²) in [6.45, 7) is 8.70. The molecule has 0 aliphatic carbocycles. The molecule has 0 spiro atoms. The fourth-order valence-electron chi connectivity index (χ4n) is 1.49. The zero-order chi connectivity index (χ0) is 11.3. The molecule has 0 saturated carbocycles. The molecular formula is C13H21NS. The quantitative estimate of drug-likeness (QED) is 0.702. The molecule has 0 aliphatic rings. The van der Waals surface area contributed by atoms with Crippen molar-refractivity contribution in [1.29, 1.82) is 0 Å². The minimum atomic E-state index is 1.16. The number of aryl methyl sites for hydroxylation is 2. The molecule has 1 aromatic rings. The summed E-state index contributed by atoms with van der Waals surface area (Å²) in [5, 5.41) is 1.24. The Hall–Kier alpha value is -0.630. The number of aromatic nitrogens is 1. The summed E-state index contributed by atoms with van der Waals surface area (Å²) in [4.78, 5) is 5.98. The van der Waals surface area contributed by atoms with Gasteiger partial charge in [-0.2, -0.15) is 0 Å². The fraction of sp³-hybridized carbons (Fsp3) is 0.615. The van der Waals surface area contributed by atoms with Crippen molar-refractivity contribution in [2.24, 2.45) is 0 Å². The van der Waals surface area contributed by atoms with E-state index in [1.807, 2.05) is 11.3 Å². The molecule has 1 nitrogen and oxygen atoms in total. The number of allylic oxidation sites excluding steroid dienone is 2. The molecule has 0 atom stereocenters. The molecule has 0 unspecified atom stereocenters. The summed E-state index contributed by atoms with van der Waals surface area (Å²) in [5.41, 5.74) is 2.63. The topological polar surface area (TPSA) is 12.9 Å². The van der Waals surface area contributed by atoms with Crippen molar-refractivity contribution >= 4 is 16.9 Å². The highest BCUT2D eigenvalue weighted by molar-refractivity contribution is 7.12. The lowest BCUT2D eigenvalue weighted by Crippen LogP contribution is -1.84. The zero-order valence-corrected chi connectivity index (χ0v) is 11.1. The van der Waals surface area contributed by atoms with Crippen LogP contribution in [0.25, 0.3) is 5.57 Å². The molecule has 1 aromatic heterocycles. The van der Waals surface area contributed by atoms with Crippen LogP contribution in [0.2, 0.25) is 0 Å². The molecule has 0 aromatic carbocycles. The van der Waals surface area contributed by atoms with E-state index in [1.54, 1.807) is 0 Å². The van der Waals surface area contributed by atoms with E-state index < -0.39 is 0 Å². The summed E-state index contributed by atoms with van der Waals surface area (Å²) >= 11 is 1.83. The first-order valence-electron chi connectivity index (χ1n) is 5.82. The van der Waals surface area contributed by atoms with Gasteiger partial charge in [-0.05, 0) is 32.3 Å². The first-order chi connectivity index (χ1) is 7.19. The molecule has 1 heterocycles. The Balaban J connectivity index is 2.88. The van der Waals surface area contributed by atoms with Gasteiger partial charge in [0.2, 0.25) is 0 Å². The highest BCUT2D eigenvalue weighted by atomic mass is 32.1. The molecule has 0 fully saturated rings. The van der Waals surface area contributed by atoms with E-state index in [-0.39, 0.29) is 0 Å². The van der Waals surface area contributed by atoms with Gasteiger partial charge in [-0.3, -0.25) is 0 Å². The monoisotopic (exact) mass is 223 g/mol. The third-order valence-electron chi connectivity index (χ3n) is 2.50. The number of thiazole rings is 1. The first kappa shape index (κ1) is 12.4. The van der Waals surface area contributed by atoms with Crippen LogP contribution in [0.3, 0.4) is 0 Å². The number of nitrogens with zero attached hydrogens (tertiary/aromatic N) is 1. The van der Waals surface area contributed by atoms with E-state index in [9.17, 15) is 0 Å². The van der Waals surface area contributed by atoms with E-state index in [2.05, 4.69) is 38.8 Å². The number of hydrogen-bond acceptors (Lipinski definition) is 2. The fourth-order valence-corrected chi connectivity index (χ4v) is 2.48. The van der Waals surface area contributed by atoms with E-state index >= 15 is 0 Å². The van der Waals surface area contributed by atoms with Crippen molar-refractivity contribution < 1.29 is 0 Å². The van der Waals surface area contributed by atoms with Gasteiger partial charge in [0.15, 0.2) is 0 Å². The minimum absolute atomic E-state index is 1.16. The maximum absolute atomic E-state index is 4.63. The van der Waals surface area contributed by atoms with Crippen molar-refractivity contribution in [2.75, 3.05) is 0 Å². The van der Waals surface area contributed by atoms with Crippen molar-refractivity contribution in [3.8, 4) is 0 Å². The van der Waals surface area contributed by atoms with Crippen LogP contribution >= 0.6 is 11.3 Å². The average molecular weight is 223 g/mol. The average Bonchev–Trinajstić information content (AvgIpc) is 2.54. The molecule has 0 amide bonds. The standard InChI is InChI=1S/C13H21NS/c1-5-7-9-12(8-6-2)13-14-10(3)11(4)15-13/h9H,5-8H2,1-4H3/b12-9+. The Labute approximate surface area is 97.3 Å². The molecule has 0 N–H and O–H groups in total. The molecule has 2 heteroatoms. The van der Waals surface area contributed by atoms with E-state index in [4.69, 9.17) is 0 Å². The Kier molecular flexibility index (Phi) is 5.03. The maximum atomic E-state index is 4.63. The van der Waals surface area contributed by atoms with E-state index in [0.29, 0.717) is 0 Å². The molecule has 0 radical (unpaired) electrons. The van der Waals surface area contributed by atoms with Crippen molar-refractivity contribution in [1.82, 2.24) is 4.98 Å². The molecule has 84 valence electrons. The first-order valence-corrected chi connectivity index (χ1v) is 6.64. The van der Waals surface area contributed by atoms with Crippen LogP contribution in [-0.2, 0) is 0 Å². The molecule has 15 heavy (non-hydrogen) atoms. The zero-order valence-electron chi connectivity index (χ0n) is 10.3. The summed E-state index contributed by atoms with van der Waals surface area (Å²) in [6.07, 6.45) is 7.12. The second-order valence-corrected chi connectivity index (χ2v) is 5.13. The summed E-state index contributed by atoms with van der Waals surface area (Å²) < 4.78 is 0. The Morgan fingerprint density at radius 2 is 2.00 bits per heavy atom. The van der Waals surface area contributed by atoms with Crippen LogP contribution in [0.5, 0.6) is 0 Å². The molecule has 0 bridgehead atoms. The second-order valence-electron chi connectivity index (χ2n) is 3.93. The van der Waals surface area contributed by atoms with Crippen LogP contribution < -0.4 is 0 Å². The van der Waals surface area contributed by atoms with Crippen molar-refractivity contribution in [2.45, 2.75) is 53.4 Å². The van der Waals surface area contributed by atoms with Gasteiger partial charge in [-0.25, -0.2) is 4.98 Å². The molecule has 0 aliphatic heterocycles. The van der Waals surface area contributed by atoms with E-state index in [0.717, 1.165) is 6.42 Å². The Bertz CT molecular complexity index is 317. The summed E-state index contributed by atoms with van der Waals surface area (Å²) in [7, 11) is 0. The number of unbranched alkanes of at least 4 members (excludes halogenated alkanes) is 1. The number of hydrogen-bond donors (Lipinski definition) is 0. The maximum Gasteiger partial charge on any atom is 0.119 e. The third kappa shape index (κ3) is 3.45. The van der Waals surface area contributed by atoms with E-state index in [1.165, 1.54) is 40.4 Å². The SMILES string of the molecule is CCC/C=C(\CCC)c1nc(C)c(C)s1. The molecule has 1 rings (SSSR count). The minimum Gasteiger partial charge on any atom is -0.241 e. The van der Waals surface area contributed by atoms with Gasteiger partial charge in [0, 0.05) is 4.88 Å². The largest absolute Gasteiger partial charge is 0.241 e. The number of rotatable bonds is 5. The van der Waals surface area contributed by atoms with Crippen LogP contribution in [0.15, 0.2) is 6.08 Å². The lowest BCUT2D eigenvalue weighted by atomic mass is 10.1. The predicted octanol–water partition coefficient (Wildman–Crippen LogP) is 4.74. The van der Waals surface area contributed by atoms with Crippen LogP contribution in [-0.4, -0.2) is 4.98 Å². The smallest absolute Gasteiger partial charge is 0.119 e. The Morgan fingerprint density at radius 1 is 1.27 bits per heavy atom. The van der Waals surface area contributed by atoms with Crippen LogP contribution in [0, 0.1) is 13.8 Å². The Morgan fingerprint density at radius 3 is 2.47 bits per heavy atom. The highest BCUT2D eigenvalue weighted by Gasteiger charge is 2.07. The van der Waals surface area contributed by atoms with Crippen molar-refractivity contribution in [3.05, 3.63) is 21.7 Å². The summed E-state index contributed by atoms with van der Waals surface area (Å²) in [5.74, 6) is 0. The normalized spacial score (nSPS) is 12.1. The van der Waals surface area contributed by atoms with Gasteiger partial charge >= 0.3 is 0 Å².